The summed E-state index contributed by atoms with van der Waals surface area (Å²) < 4.78 is 16.5. The van der Waals surface area contributed by atoms with E-state index >= 15 is 0 Å². The van der Waals surface area contributed by atoms with E-state index in [0.29, 0.717) is 5.75 Å². The Morgan fingerprint density at radius 3 is 2.43 bits per heavy atom. The molecule has 1 saturated carbocycles. The molecule has 0 radical (unpaired) electrons. The fraction of sp³-hybridized carbons (Fsp3) is 0.360. The van der Waals surface area contributed by atoms with Gasteiger partial charge in [0.1, 0.15) is 18.1 Å². The van der Waals surface area contributed by atoms with Gasteiger partial charge in [-0.2, -0.15) is 0 Å². The predicted octanol–water partition coefficient (Wildman–Crippen LogP) is 5.30. The Morgan fingerprint density at radius 2 is 1.73 bits per heavy atom. The van der Waals surface area contributed by atoms with Crippen molar-refractivity contribution in [1.29, 1.82) is 0 Å². The van der Waals surface area contributed by atoms with E-state index in [9.17, 15) is 9.59 Å². The smallest absolute Gasteiger partial charge is 0.330 e. The van der Waals surface area contributed by atoms with Crippen molar-refractivity contribution in [3.05, 3.63) is 72.3 Å². The normalized spacial score (nSPS) is 19.5. The fourth-order valence-corrected chi connectivity index (χ4v) is 3.51. The van der Waals surface area contributed by atoms with E-state index in [-0.39, 0.29) is 35.9 Å². The van der Waals surface area contributed by atoms with Gasteiger partial charge in [-0.1, -0.05) is 50.3 Å². The van der Waals surface area contributed by atoms with Crippen LogP contribution < -0.4 is 4.74 Å². The van der Waals surface area contributed by atoms with Crippen LogP contribution in [0.25, 0.3) is 0 Å². The maximum absolute atomic E-state index is 12.6. The average molecular weight is 408 g/mol. The summed E-state index contributed by atoms with van der Waals surface area (Å²) >= 11 is 0. The van der Waals surface area contributed by atoms with Crippen LogP contribution in [0, 0.1) is 17.3 Å². The van der Waals surface area contributed by atoms with Gasteiger partial charge in [0.25, 0.3) is 0 Å². The number of esters is 2. The maximum Gasteiger partial charge on any atom is 0.330 e. The minimum Gasteiger partial charge on any atom is -0.461 e. The Balaban J connectivity index is 1.55. The number of rotatable bonds is 8. The van der Waals surface area contributed by atoms with E-state index < -0.39 is 5.97 Å². The van der Waals surface area contributed by atoms with Gasteiger partial charge >= 0.3 is 11.9 Å². The highest BCUT2D eigenvalue weighted by atomic mass is 16.5. The Morgan fingerprint density at radius 1 is 1.03 bits per heavy atom. The van der Waals surface area contributed by atoms with Crippen molar-refractivity contribution in [1.82, 2.24) is 0 Å². The van der Waals surface area contributed by atoms with Crippen LogP contribution in [-0.4, -0.2) is 18.0 Å². The third kappa shape index (κ3) is 5.50. The molecular weight excluding hydrogens is 380 g/mol. The molecule has 0 amide bonds. The molecule has 1 aliphatic rings. The Kier molecular flexibility index (Phi) is 6.60. The fourth-order valence-electron chi connectivity index (χ4n) is 3.51. The third-order valence-electron chi connectivity index (χ3n) is 5.21. The number of ether oxygens (including phenoxy) is 3. The summed E-state index contributed by atoms with van der Waals surface area (Å²) in [5.74, 6) is 0.459. The molecule has 0 saturated heterocycles. The summed E-state index contributed by atoms with van der Waals surface area (Å²) in [6.45, 7) is 7.76. The molecule has 3 rings (SSSR count). The lowest BCUT2D eigenvalue weighted by atomic mass is 10.1. The quantitative estimate of drug-likeness (QED) is 0.438. The summed E-state index contributed by atoms with van der Waals surface area (Å²) in [5.41, 5.74) is 0.604. The van der Waals surface area contributed by atoms with Crippen molar-refractivity contribution in [3.8, 4) is 11.5 Å². The van der Waals surface area contributed by atoms with Crippen molar-refractivity contribution < 1.29 is 23.8 Å². The molecule has 0 bridgehead atoms. The zero-order chi connectivity index (χ0) is 21.7. The molecule has 2 atom stereocenters. The largest absolute Gasteiger partial charge is 0.461 e. The summed E-state index contributed by atoms with van der Waals surface area (Å²) in [6, 6.07) is 17.0. The van der Waals surface area contributed by atoms with Gasteiger partial charge in [0.2, 0.25) is 0 Å². The summed E-state index contributed by atoms with van der Waals surface area (Å²) in [6.07, 6.45) is 2.99. The van der Waals surface area contributed by atoms with Gasteiger partial charge in [0, 0.05) is 6.08 Å². The molecule has 0 N–H and O–H groups in total. The van der Waals surface area contributed by atoms with Gasteiger partial charge in [0.05, 0.1) is 12.0 Å². The highest BCUT2D eigenvalue weighted by Gasteiger charge is 2.61. The first-order chi connectivity index (χ1) is 14.3. The second-order valence-electron chi connectivity index (χ2n) is 8.34. The van der Waals surface area contributed by atoms with E-state index in [4.69, 9.17) is 14.2 Å². The molecule has 1 fully saturated rings. The molecule has 158 valence electrons. The van der Waals surface area contributed by atoms with E-state index in [1.54, 1.807) is 19.9 Å². The lowest BCUT2D eigenvalue weighted by Gasteiger charge is -2.09. The molecule has 2 aromatic rings. The lowest BCUT2D eigenvalue weighted by molar-refractivity contribution is -0.147. The van der Waals surface area contributed by atoms with E-state index in [1.165, 1.54) is 6.08 Å². The highest BCUT2D eigenvalue weighted by molar-refractivity contribution is 5.83. The lowest BCUT2D eigenvalue weighted by Crippen LogP contribution is -2.10. The zero-order valence-corrected chi connectivity index (χ0v) is 17.8. The van der Waals surface area contributed by atoms with Crippen molar-refractivity contribution in [2.24, 2.45) is 17.3 Å². The minimum absolute atomic E-state index is 0.0440. The Hall–Kier alpha value is -3.08. The minimum atomic E-state index is -0.393. The summed E-state index contributed by atoms with van der Waals surface area (Å²) in [4.78, 5) is 24.3. The van der Waals surface area contributed by atoms with Gasteiger partial charge in [-0.05, 0) is 55.0 Å². The standard InChI is InChI=1S/C25H28O5/c1-17(2)29-22(26)14-13-21-23(25(21,3)4)24(27)28-16-18-9-8-12-20(15-18)30-19-10-6-5-7-11-19/h5-15,17,21,23H,16H2,1-4H3. The van der Waals surface area contributed by atoms with E-state index in [1.807, 2.05) is 68.4 Å². The topological polar surface area (TPSA) is 61.8 Å². The van der Waals surface area contributed by atoms with Crippen LogP contribution in [-0.2, 0) is 25.7 Å². The molecule has 0 aliphatic heterocycles. The van der Waals surface area contributed by atoms with Crippen LogP contribution in [0.1, 0.15) is 33.3 Å². The van der Waals surface area contributed by atoms with Crippen molar-refractivity contribution in [2.45, 2.75) is 40.4 Å². The second kappa shape index (κ2) is 9.16. The first kappa shape index (κ1) is 21.6. The van der Waals surface area contributed by atoms with Crippen LogP contribution in [0.4, 0.5) is 0 Å². The van der Waals surface area contributed by atoms with E-state index in [0.717, 1.165) is 11.3 Å². The summed E-state index contributed by atoms with van der Waals surface area (Å²) in [5, 5.41) is 0. The number of carbonyl (C=O) groups excluding carboxylic acids is 2. The number of hydrogen-bond acceptors (Lipinski definition) is 5. The Bertz CT molecular complexity index is 914. The van der Waals surface area contributed by atoms with Gasteiger partial charge in [-0.3, -0.25) is 4.79 Å². The maximum atomic E-state index is 12.6. The number of carbonyl (C=O) groups is 2. The predicted molar refractivity (Wildman–Crippen MR) is 114 cm³/mol. The van der Waals surface area contributed by atoms with Gasteiger partial charge in [-0.25, -0.2) is 4.79 Å². The van der Waals surface area contributed by atoms with Gasteiger partial charge in [0.15, 0.2) is 0 Å². The zero-order valence-electron chi connectivity index (χ0n) is 17.8. The molecule has 0 aromatic heterocycles. The van der Waals surface area contributed by atoms with Crippen molar-refractivity contribution in [3.63, 3.8) is 0 Å². The second-order valence-corrected chi connectivity index (χ2v) is 8.34. The SMILES string of the molecule is CC(C)OC(=O)C=CC1C(C(=O)OCc2cccc(Oc3ccccc3)c2)C1(C)C. The average Bonchev–Trinajstić information content (AvgIpc) is 3.25. The highest BCUT2D eigenvalue weighted by Crippen LogP contribution is 2.59. The first-order valence-electron chi connectivity index (χ1n) is 10.1. The third-order valence-corrected chi connectivity index (χ3v) is 5.21. The van der Waals surface area contributed by atoms with Crippen molar-refractivity contribution in [2.75, 3.05) is 0 Å². The molecule has 0 spiro atoms. The number of allylic oxidation sites excluding steroid dienone is 1. The molecule has 2 aromatic carbocycles. The van der Waals surface area contributed by atoms with Crippen LogP contribution in [0.5, 0.6) is 11.5 Å². The molecule has 30 heavy (non-hydrogen) atoms. The molecule has 0 heterocycles. The van der Waals surface area contributed by atoms with Gasteiger partial charge < -0.3 is 14.2 Å². The van der Waals surface area contributed by atoms with Crippen molar-refractivity contribution >= 4 is 11.9 Å². The molecule has 1 aliphatic carbocycles. The summed E-state index contributed by atoms with van der Waals surface area (Å²) in [7, 11) is 0. The molecule has 5 nitrogen and oxygen atoms in total. The molecular formula is C25H28O5. The van der Waals surface area contributed by atoms with Crippen LogP contribution in [0.2, 0.25) is 0 Å². The van der Waals surface area contributed by atoms with Crippen LogP contribution in [0.3, 0.4) is 0 Å². The number of hydrogen-bond donors (Lipinski definition) is 0. The number of para-hydroxylation sites is 1. The van der Waals surface area contributed by atoms with Crippen LogP contribution >= 0.6 is 0 Å². The Labute approximate surface area is 177 Å². The molecule has 2 unspecified atom stereocenters. The van der Waals surface area contributed by atoms with E-state index in [2.05, 4.69) is 0 Å². The monoisotopic (exact) mass is 408 g/mol. The first-order valence-corrected chi connectivity index (χ1v) is 10.1. The van der Waals surface area contributed by atoms with Gasteiger partial charge in [-0.15, -0.1) is 0 Å². The molecule has 5 heteroatoms. The van der Waals surface area contributed by atoms with Crippen LogP contribution in [0.15, 0.2) is 66.7 Å². The number of benzene rings is 2.